The van der Waals surface area contributed by atoms with Crippen molar-refractivity contribution >= 4 is 5.97 Å². The maximum atomic E-state index is 11.4. The van der Waals surface area contributed by atoms with Crippen LogP contribution in [0.2, 0.25) is 0 Å². The Morgan fingerprint density at radius 2 is 1.62 bits per heavy atom. The molecule has 0 saturated heterocycles. The van der Waals surface area contributed by atoms with E-state index < -0.39 is 11.9 Å². The minimum Gasteiger partial charge on any atom is -0.481 e. The first-order valence-corrected chi connectivity index (χ1v) is 7.22. The van der Waals surface area contributed by atoms with Crippen LogP contribution in [0.25, 0.3) is 0 Å². The molecule has 0 aliphatic carbocycles. The summed E-state index contributed by atoms with van der Waals surface area (Å²) in [5, 5.41) is 12.7. The number of hydrogen-bond acceptors (Lipinski definition) is 2. The lowest BCUT2D eigenvalue weighted by atomic mass is 9.98. The van der Waals surface area contributed by atoms with Crippen LogP contribution in [0.1, 0.15) is 24.0 Å². The predicted octanol–water partition coefficient (Wildman–Crippen LogP) is 3.08. The lowest BCUT2D eigenvalue weighted by Gasteiger charge is -2.18. The van der Waals surface area contributed by atoms with Gasteiger partial charge in [-0.05, 0) is 24.5 Å². The fourth-order valence-corrected chi connectivity index (χ4v) is 2.39. The van der Waals surface area contributed by atoms with E-state index in [1.165, 1.54) is 5.56 Å². The quantitative estimate of drug-likeness (QED) is 0.821. The van der Waals surface area contributed by atoms with Gasteiger partial charge >= 0.3 is 5.97 Å². The van der Waals surface area contributed by atoms with Gasteiger partial charge in [0.05, 0.1) is 5.92 Å². The second-order valence-electron chi connectivity index (χ2n) is 5.30. The first-order valence-electron chi connectivity index (χ1n) is 7.22. The highest BCUT2D eigenvalue weighted by Crippen LogP contribution is 2.15. The molecule has 0 aromatic heterocycles. The fraction of sp³-hybridized carbons (Fsp3) is 0.278. The highest BCUT2D eigenvalue weighted by molar-refractivity contribution is 5.76. The van der Waals surface area contributed by atoms with Crippen LogP contribution in [0.5, 0.6) is 0 Å². The summed E-state index contributed by atoms with van der Waals surface area (Å²) < 4.78 is 0. The van der Waals surface area contributed by atoms with Crippen LogP contribution in [-0.2, 0) is 11.2 Å². The number of nitrogens with one attached hydrogen (secondary N) is 1. The summed E-state index contributed by atoms with van der Waals surface area (Å²) in [5.41, 5.74) is 2.09. The topological polar surface area (TPSA) is 49.3 Å². The van der Waals surface area contributed by atoms with E-state index >= 15 is 0 Å². The molecule has 3 heteroatoms. The van der Waals surface area contributed by atoms with E-state index in [2.05, 4.69) is 24.4 Å². The lowest BCUT2D eigenvalue weighted by Crippen LogP contribution is -2.34. The molecule has 0 aliphatic rings. The van der Waals surface area contributed by atoms with Crippen LogP contribution in [0, 0.1) is 0 Å². The van der Waals surface area contributed by atoms with Crippen LogP contribution in [0.3, 0.4) is 0 Å². The van der Waals surface area contributed by atoms with E-state index in [0.717, 1.165) is 12.0 Å². The number of hydrogen-bond donors (Lipinski definition) is 2. The molecule has 0 spiro atoms. The zero-order chi connectivity index (χ0) is 15.1. The van der Waals surface area contributed by atoms with Crippen molar-refractivity contribution in [2.45, 2.75) is 25.3 Å². The Labute approximate surface area is 125 Å². The monoisotopic (exact) mass is 283 g/mol. The van der Waals surface area contributed by atoms with Gasteiger partial charge in [-0.15, -0.1) is 0 Å². The lowest BCUT2D eigenvalue weighted by molar-refractivity contribution is -0.138. The molecule has 0 heterocycles. The van der Waals surface area contributed by atoms with Gasteiger partial charge in [-0.3, -0.25) is 4.79 Å². The SMILES string of the molecule is CC(Cc1ccccc1)NCC(C(=O)O)c1ccccc1. The van der Waals surface area contributed by atoms with Gasteiger partial charge in [0.25, 0.3) is 0 Å². The molecule has 2 atom stereocenters. The van der Waals surface area contributed by atoms with Gasteiger partial charge in [-0.25, -0.2) is 0 Å². The molecular formula is C18H21NO2. The zero-order valence-corrected chi connectivity index (χ0v) is 12.2. The standard InChI is InChI=1S/C18H21NO2/c1-14(12-15-8-4-2-5-9-15)19-13-17(18(20)21)16-10-6-3-7-11-16/h2-11,14,17,19H,12-13H2,1H3,(H,20,21). The Hall–Kier alpha value is -2.13. The Kier molecular flexibility index (Phi) is 5.52. The second kappa shape index (κ2) is 7.60. The highest BCUT2D eigenvalue weighted by Gasteiger charge is 2.19. The van der Waals surface area contributed by atoms with Crippen LogP contribution in [0.4, 0.5) is 0 Å². The fourth-order valence-electron chi connectivity index (χ4n) is 2.39. The Morgan fingerprint density at radius 1 is 1.05 bits per heavy atom. The van der Waals surface area contributed by atoms with Gasteiger partial charge in [0.1, 0.15) is 0 Å². The number of carbonyl (C=O) groups is 1. The van der Waals surface area contributed by atoms with Gasteiger partial charge in [-0.2, -0.15) is 0 Å². The third kappa shape index (κ3) is 4.72. The van der Waals surface area contributed by atoms with E-state index in [1.54, 1.807) is 0 Å². The summed E-state index contributed by atoms with van der Waals surface area (Å²) in [5.74, 6) is -1.30. The average molecular weight is 283 g/mol. The van der Waals surface area contributed by atoms with Gasteiger partial charge in [0.15, 0.2) is 0 Å². The van der Waals surface area contributed by atoms with Crippen molar-refractivity contribution in [2.75, 3.05) is 6.54 Å². The average Bonchev–Trinajstić information content (AvgIpc) is 2.49. The number of carboxylic acid groups (broad SMARTS) is 1. The molecule has 2 aromatic rings. The Bertz CT molecular complexity index is 554. The summed E-state index contributed by atoms with van der Waals surface area (Å²) in [7, 11) is 0. The highest BCUT2D eigenvalue weighted by atomic mass is 16.4. The second-order valence-corrected chi connectivity index (χ2v) is 5.30. The molecule has 0 fully saturated rings. The first kappa shape index (κ1) is 15.3. The molecule has 2 N–H and O–H groups in total. The maximum absolute atomic E-state index is 11.4. The van der Waals surface area contributed by atoms with E-state index in [-0.39, 0.29) is 6.04 Å². The molecule has 2 unspecified atom stereocenters. The molecule has 2 aromatic carbocycles. The van der Waals surface area contributed by atoms with E-state index in [1.807, 2.05) is 48.5 Å². The summed E-state index contributed by atoms with van der Waals surface area (Å²) in [6, 6.07) is 19.8. The summed E-state index contributed by atoms with van der Waals surface area (Å²) >= 11 is 0. The predicted molar refractivity (Wildman–Crippen MR) is 84.4 cm³/mol. The number of rotatable bonds is 7. The van der Waals surface area contributed by atoms with E-state index in [9.17, 15) is 9.90 Å². The third-order valence-electron chi connectivity index (χ3n) is 3.56. The molecule has 0 radical (unpaired) electrons. The number of aliphatic carboxylic acids is 1. The van der Waals surface area contributed by atoms with Crippen molar-refractivity contribution in [2.24, 2.45) is 0 Å². The van der Waals surface area contributed by atoms with Crippen molar-refractivity contribution in [3.05, 3.63) is 71.8 Å². The minimum absolute atomic E-state index is 0.234. The van der Waals surface area contributed by atoms with E-state index in [0.29, 0.717) is 6.54 Å². The molecule has 2 rings (SSSR count). The van der Waals surface area contributed by atoms with Gasteiger partial charge in [-0.1, -0.05) is 60.7 Å². The molecule has 0 amide bonds. The first-order chi connectivity index (χ1) is 10.2. The zero-order valence-electron chi connectivity index (χ0n) is 12.2. The van der Waals surface area contributed by atoms with Crippen LogP contribution in [-0.4, -0.2) is 23.7 Å². The third-order valence-corrected chi connectivity index (χ3v) is 3.56. The van der Waals surface area contributed by atoms with Crippen molar-refractivity contribution in [3.8, 4) is 0 Å². The molecule has 110 valence electrons. The molecule has 21 heavy (non-hydrogen) atoms. The van der Waals surface area contributed by atoms with Gasteiger partial charge in [0.2, 0.25) is 0 Å². The molecule has 3 nitrogen and oxygen atoms in total. The smallest absolute Gasteiger partial charge is 0.312 e. The van der Waals surface area contributed by atoms with Crippen LogP contribution >= 0.6 is 0 Å². The van der Waals surface area contributed by atoms with E-state index in [4.69, 9.17) is 0 Å². The summed E-state index contributed by atoms with van der Waals surface area (Å²) in [4.78, 5) is 11.4. The summed E-state index contributed by atoms with van der Waals surface area (Å²) in [6.45, 7) is 2.52. The Balaban J connectivity index is 1.92. The van der Waals surface area contributed by atoms with Crippen molar-refractivity contribution in [1.82, 2.24) is 5.32 Å². The number of benzene rings is 2. The Morgan fingerprint density at radius 3 is 2.19 bits per heavy atom. The van der Waals surface area contributed by atoms with Crippen LogP contribution in [0.15, 0.2) is 60.7 Å². The van der Waals surface area contributed by atoms with Crippen molar-refractivity contribution < 1.29 is 9.90 Å². The molecular weight excluding hydrogens is 262 g/mol. The number of carboxylic acids is 1. The van der Waals surface area contributed by atoms with Crippen molar-refractivity contribution in [1.29, 1.82) is 0 Å². The molecule has 0 saturated carbocycles. The summed E-state index contributed by atoms with van der Waals surface area (Å²) in [6.07, 6.45) is 0.891. The van der Waals surface area contributed by atoms with Crippen molar-refractivity contribution in [3.63, 3.8) is 0 Å². The molecule has 0 bridgehead atoms. The van der Waals surface area contributed by atoms with Gasteiger partial charge < -0.3 is 10.4 Å². The largest absolute Gasteiger partial charge is 0.481 e. The normalized spacial score (nSPS) is 13.6. The molecule has 0 aliphatic heterocycles. The maximum Gasteiger partial charge on any atom is 0.312 e. The minimum atomic E-state index is -0.791. The van der Waals surface area contributed by atoms with Gasteiger partial charge in [0, 0.05) is 12.6 Å². The van der Waals surface area contributed by atoms with Crippen LogP contribution < -0.4 is 5.32 Å².